The highest BCUT2D eigenvalue weighted by atomic mass is 35.5. The highest BCUT2D eigenvalue weighted by Crippen LogP contribution is 2.39. The molecule has 9 nitrogen and oxygen atoms in total. The predicted molar refractivity (Wildman–Crippen MR) is 181 cm³/mol. The maximum absolute atomic E-state index is 16.6. The third kappa shape index (κ3) is 5.56. The summed E-state index contributed by atoms with van der Waals surface area (Å²) in [5.74, 6) is 1.55. The lowest BCUT2D eigenvalue weighted by molar-refractivity contribution is 0.281. The second-order valence-electron chi connectivity index (χ2n) is 12.5. The number of pyridine rings is 1. The van der Waals surface area contributed by atoms with Gasteiger partial charge in [0.05, 0.1) is 5.39 Å². The number of aromatic nitrogens is 6. The van der Waals surface area contributed by atoms with Crippen molar-refractivity contribution >= 4 is 51.0 Å². The van der Waals surface area contributed by atoms with Crippen LogP contribution < -0.4 is 15.0 Å². The number of anilines is 1. The summed E-state index contributed by atoms with van der Waals surface area (Å²) in [6.07, 6.45) is 8.02. The van der Waals surface area contributed by atoms with E-state index in [1.54, 1.807) is 16.6 Å². The van der Waals surface area contributed by atoms with Gasteiger partial charge >= 0.3 is 6.01 Å². The zero-order chi connectivity index (χ0) is 31.5. The highest BCUT2D eigenvalue weighted by molar-refractivity contribution is 7.97. The maximum atomic E-state index is 16.6. The first kappa shape index (κ1) is 28.9. The van der Waals surface area contributed by atoms with Crippen LogP contribution in [0.25, 0.3) is 32.9 Å². The molecule has 2 aliphatic heterocycles. The zero-order valence-electron chi connectivity index (χ0n) is 25.3. The smallest absolute Gasteiger partial charge is 0.319 e. The average Bonchev–Trinajstić information content (AvgIpc) is 3.75. The normalized spacial score (nSPS) is 19.1. The van der Waals surface area contributed by atoms with Crippen molar-refractivity contribution in [1.29, 1.82) is 0 Å². The number of nitrogens with zero attached hydrogens (tertiary/aromatic N) is 7. The second kappa shape index (κ2) is 11.7. The summed E-state index contributed by atoms with van der Waals surface area (Å²) in [5, 5.41) is 11.0. The van der Waals surface area contributed by atoms with E-state index in [1.807, 2.05) is 60.7 Å². The van der Waals surface area contributed by atoms with Crippen molar-refractivity contribution in [2.75, 3.05) is 18.0 Å². The Kier molecular flexibility index (Phi) is 7.21. The third-order valence-electron chi connectivity index (χ3n) is 9.19. The fraction of sp³-hybridized carbons (Fsp3) is 0.286. The summed E-state index contributed by atoms with van der Waals surface area (Å²) < 4.78 is 24.6. The summed E-state index contributed by atoms with van der Waals surface area (Å²) in [5.41, 5.74) is 1.92. The molecule has 12 heteroatoms. The molecule has 3 fully saturated rings. The van der Waals surface area contributed by atoms with Gasteiger partial charge in [-0.05, 0) is 54.8 Å². The monoisotopic (exact) mass is 664 g/mol. The lowest BCUT2D eigenvalue weighted by Gasteiger charge is -2.34. The van der Waals surface area contributed by atoms with E-state index >= 15 is 4.39 Å². The standard InChI is InChI=1S/C35H30ClFN8OS/c36-28-6-2-4-21-3-1-5-26(29(21)28)31-30(37)32-27(15-38-31)34(44-16-23-11-12-24(17-44)40-23)42-35(41-32)46-18-20-7-13-25(14-8-20)47-45-19-39-33(43-45)22-9-10-22/h1-8,13-15,19,22-24,40H,9-12,16-18H2. The van der Waals surface area contributed by atoms with Gasteiger partial charge in [0.25, 0.3) is 0 Å². The lowest BCUT2D eigenvalue weighted by atomic mass is 10.0. The minimum Gasteiger partial charge on any atom is -0.459 e. The summed E-state index contributed by atoms with van der Waals surface area (Å²) in [7, 11) is 0. The van der Waals surface area contributed by atoms with E-state index in [0.29, 0.717) is 39.8 Å². The Labute approximate surface area is 279 Å². The van der Waals surface area contributed by atoms with E-state index < -0.39 is 5.82 Å². The quantitative estimate of drug-likeness (QED) is 0.182. The molecule has 3 aromatic carbocycles. The zero-order valence-corrected chi connectivity index (χ0v) is 26.9. The molecule has 9 rings (SSSR count). The molecule has 6 aromatic rings. The van der Waals surface area contributed by atoms with Gasteiger partial charge in [-0.1, -0.05) is 54.1 Å². The molecule has 47 heavy (non-hydrogen) atoms. The fourth-order valence-electron chi connectivity index (χ4n) is 6.71. The van der Waals surface area contributed by atoms with Crippen LogP contribution >= 0.6 is 23.5 Å². The summed E-state index contributed by atoms with van der Waals surface area (Å²) in [6, 6.07) is 20.3. The number of ether oxygens (including phenoxy) is 1. The van der Waals surface area contributed by atoms with E-state index in [1.165, 1.54) is 24.8 Å². The Morgan fingerprint density at radius 3 is 2.51 bits per heavy atom. The number of hydrogen-bond donors (Lipinski definition) is 1. The molecule has 236 valence electrons. The van der Waals surface area contributed by atoms with Crippen molar-refractivity contribution in [3.8, 4) is 17.3 Å². The predicted octanol–water partition coefficient (Wildman–Crippen LogP) is 7.18. The molecule has 5 heterocycles. The van der Waals surface area contributed by atoms with E-state index in [9.17, 15) is 0 Å². The van der Waals surface area contributed by atoms with Gasteiger partial charge in [-0.15, -0.1) is 5.10 Å². The van der Waals surface area contributed by atoms with Crippen LogP contribution in [0.5, 0.6) is 6.01 Å². The Morgan fingerprint density at radius 2 is 1.72 bits per heavy atom. The number of fused-ring (bicyclic) bond motifs is 4. The van der Waals surface area contributed by atoms with Gasteiger partial charge in [-0.25, -0.2) is 9.37 Å². The molecule has 2 saturated heterocycles. The largest absolute Gasteiger partial charge is 0.459 e. The Balaban J connectivity index is 1.04. The molecule has 2 atom stereocenters. The van der Waals surface area contributed by atoms with Crippen molar-refractivity contribution in [1.82, 2.24) is 34.4 Å². The molecule has 2 bridgehead atoms. The molecule has 3 aromatic heterocycles. The fourth-order valence-corrected chi connectivity index (χ4v) is 7.69. The van der Waals surface area contributed by atoms with Crippen LogP contribution in [0.3, 0.4) is 0 Å². The van der Waals surface area contributed by atoms with Gasteiger partial charge in [-0.2, -0.15) is 14.1 Å². The van der Waals surface area contributed by atoms with Gasteiger partial charge in [0, 0.05) is 70.1 Å². The van der Waals surface area contributed by atoms with E-state index in [-0.39, 0.29) is 23.8 Å². The van der Waals surface area contributed by atoms with Crippen molar-refractivity contribution in [2.45, 2.75) is 55.2 Å². The summed E-state index contributed by atoms with van der Waals surface area (Å²) >= 11 is 8.13. The van der Waals surface area contributed by atoms with Crippen LogP contribution in [0.4, 0.5) is 10.2 Å². The molecule has 0 radical (unpaired) electrons. The summed E-state index contributed by atoms with van der Waals surface area (Å²) in [6.45, 7) is 1.78. The van der Waals surface area contributed by atoms with Crippen molar-refractivity contribution in [3.05, 3.63) is 95.4 Å². The van der Waals surface area contributed by atoms with Crippen LogP contribution in [-0.4, -0.2) is 54.3 Å². The number of nitrogens with one attached hydrogen (secondary N) is 1. The van der Waals surface area contributed by atoms with Gasteiger partial charge in [-0.3, -0.25) is 4.98 Å². The molecule has 0 spiro atoms. The third-order valence-corrected chi connectivity index (χ3v) is 10.4. The first-order chi connectivity index (χ1) is 23.1. The lowest BCUT2D eigenvalue weighted by Crippen LogP contribution is -2.51. The molecular weight excluding hydrogens is 635 g/mol. The van der Waals surface area contributed by atoms with Gasteiger partial charge < -0.3 is 15.0 Å². The summed E-state index contributed by atoms with van der Waals surface area (Å²) in [4.78, 5) is 21.8. The van der Waals surface area contributed by atoms with Crippen LogP contribution in [0.2, 0.25) is 5.02 Å². The Bertz CT molecular complexity index is 2120. The molecule has 1 N–H and O–H groups in total. The Morgan fingerprint density at radius 1 is 0.936 bits per heavy atom. The van der Waals surface area contributed by atoms with Crippen LogP contribution in [0.15, 0.2) is 78.1 Å². The molecule has 3 aliphatic rings. The molecule has 0 amide bonds. The van der Waals surface area contributed by atoms with E-state index in [4.69, 9.17) is 21.3 Å². The molecule has 1 aliphatic carbocycles. The molecular formula is C35H30ClFN8OS. The highest BCUT2D eigenvalue weighted by Gasteiger charge is 2.34. The number of rotatable bonds is 8. The van der Waals surface area contributed by atoms with E-state index in [2.05, 4.69) is 30.3 Å². The topological polar surface area (TPSA) is 93.9 Å². The van der Waals surface area contributed by atoms with E-state index in [0.717, 1.165) is 53.0 Å². The first-order valence-corrected chi connectivity index (χ1v) is 17.1. The number of benzene rings is 3. The van der Waals surface area contributed by atoms with Crippen molar-refractivity contribution < 1.29 is 9.13 Å². The first-order valence-electron chi connectivity index (χ1n) is 15.9. The van der Waals surface area contributed by atoms with Crippen LogP contribution in [0.1, 0.15) is 43.0 Å². The number of piperazine rings is 1. The molecule has 2 unspecified atom stereocenters. The van der Waals surface area contributed by atoms with Crippen molar-refractivity contribution in [2.24, 2.45) is 0 Å². The van der Waals surface area contributed by atoms with Crippen molar-refractivity contribution in [3.63, 3.8) is 0 Å². The minimum absolute atomic E-state index is 0.124. The van der Waals surface area contributed by atoms with Gasteiger partial charge in [0.15, 0.2) is 11.6 Å². The van der Waals surface area contributed by atoms with Crippen LogP contribution in [0, 0.1) is 5.82 Å². The molecule has 1 saturated carbocycles. The van der Waals surface area contributed by atoms with Gasteiger partial charge in [0.2, 0.25) is 0 Å². The minimum atomic E-state index is -0.527. The second-order valence-corrected chi connectivity index (χ2v) is 13.9. The van der Waals surface area contributed by atoms with Crippen LogP contribution in [-0.2, 0) is 6.61 Å². The maximum Gasteiger partial charge on any atom is 0.319 e. The SMILES string of the molecule is Fc1c(-c2cccc3cccc(Cl)c23)ncc2c(N3CC4CCC(C3)N4)nc(OCc3ccc(Sn4cnc(C5CC5)n4)cc3)nc12. The average molecular weight is 665 g/mol. The Hall–Kier alpha value is -4.32. The number of halogens is 2. The number of hydrogen-bond acceptors (Lipinski definition) is 9. The van der Waals surface area contributed by atoms with Gasteiger partial charge in [0.1, 0.15) is 30.0 Å².